The van der Waals surface area contributed by atoms with Crippen molar-refractivity contribution in [3.05, 3.63) is 82.6 Å². The van der Waals surface area contributed by atoms with E-state index < -0.39 is 16.9 Å². The highest BCUT2D eigenvalue weighted by atomic mass is 16.6. The molecule has 1 aromatic carbocycles. The van der Waals surface area contributed by atoms with Crippen molar-refractivity contribution in [1.29, 1.82) is 0 Å². The van der Waals surface area contributed by atoms with E-state index in [1.807, 2.05) is 0 Å². The number of esters is 2. The summed E-state index contributed by atoms with van der Waals surface area (Å²) < 4.78 is 9.77. The van der Waals surface area contributed by atoms with Crippen LogP contribution in [0.5, 0.6) is 0 Å². The van der Waals surface area contributed by atoms with E-state index in [4.69, 9.17) is 9.47 Å². The maximum absolute atomic E-state index is 12.3. The van der Waals surface area contributed by atoms with Gasteiger partial charge in [-0.2, -0.15) is 0 Å². The van der Waals surface area contributed by atoms with E-state index in [0.717, 1.165) is 0 Å². The molecule has 156 valence electrons. The Balaban J connectivity index is 2.30. The Bertz CT molecular complexity index is 972. The smallest absolute Gasteiger partial charge is 0.355 e. The zero-order chi connectivity index (χ0) is 21.9. The molecule has 0 saturated carbocycles. The van der Waals surface area contributed by atoms with Crippen molar-refractivity contribution in [2.75, 3.05) is 19.0 Å². The zero-order valence-electron chi connectivity index (χ0n) is 16.3. The van der Waals surface area contributed by atoms with Crippen LogP contribution < -0.4 is 10.6 Å². The predicted molar refractivity (Wildman–Crippen MR) is 109 cm³/mol. The first-order chi connectivity index (χ1) is 14.5. The average molecular weight is 412 g/mol. The van der Waals surface area contributed by atoms with Crippen LogP contribution in [0.1, 0.15) is 12.6 Å². The lowest BCUT2D eigenvalue weighted by Gasteiger charge is -2.10. The molecule has 0 aliphatic heterocycles. The van der Waals surface area contributed by atoms with Gasteiger partial charge in [-0.15, -0.1) is 0 Å². The van der Waals surface area contributed by atoms with Gasteiger partial charge in [0.2, 0.25) is 0 Å². The monoisotopic (exact) mass is 412 g/mol. The van der Waals surface area contributed by atoms with Gasteiger partial charge in [-0.3, -0.25) is 15.1 Å². The van der Waals surface area contributed by atoms with Crippen LogP contribution >= 0.6 is 0 Å². The molecule has 0 aliphatic carbocycles. The number of anilines is 1. The van der Waals surface area contributed by atoms with Gasteiger partial charge in [0.25, 0.3) is 5.69 Å². The van der Waals surface area contributed by atoms with Crippen LogP contribution in [0.2, 0.25) is 0 Å². The quantitative estimate of drug-likeness (QED) is 0.276. The molecule has 0 radical (unpaired) electrons. The number of pyridine rings is 1. The van der Waals surface area contributed by atoms with Crippen LogP contribution in [0.3, 0.4) is 0 Å². The summed E-state index contributed by atoms with van der Waals surface area (Å²) in [6.45, 7) is 1.83. The molecule has 0 bridgehead atoms. The lowest BCUT2D eigenvalue weighted by Crippen LogP contribution is -2.20. The molecular weight excluding hydrogens is 392 g/mol. The summed E-state index contributed by atoms with van der Waals surface area (Å²) in [7, 11) is 1.19. The van der Waals surface area contributed by atoms with E-state index in [1.54, 1.807) is 31.2 Å². The number of non-ortho nitro benzene ring substituents is 1. The number of methoxy groups -OCH3 is 1. The minimum atomic E-state index is -0.728. The summed E-state index contributed by atoms with van der Waals surface area (Å²) in [6, 6.07) is 10.8. The fraction of sp³-hybridized carbons (Fsp3) is 0.150. The van der Waals surface area contributed by atoms with Crippen LogP contribution in [0.15, 0.2) is 66.8 Å². The van der Waals surface area contributed by atoms with Gasteiger partial charge in [-0.1, -0.05) is 12.1 Å². The van der Waals surface area contributed by atoms with E-state index >= 15 is 0 Å². The fourth-order valence-electron chi connectivity index (χ4n) is 2.25. The molecule has 0 fully saturated rings. The van der Waals surface area contributed by atoms with Gasteiger partial charge < -0.3 is 20.1 Å². The third-order valence-electron chi connectivity index (χ3n) is 3.65. The molecule has 1 aromatic heterocycles. The minimum absolute atomic E-state index is 0.0539. The highest BCUT2D eigenvalue weighted by Gasteiger charge is 2.16. The molecule has 0 aliphatic rings. The third-order valence-corrected chi connectivity index (χ3v) is 3.65. The van der Waals surface area contributed by atoms with Crippen molar-refractivity contribution in [2.24, 2.45) is 0 Å². The zero-order valence-corrected chi connectivity index (χ0v) is 16.3. The second-order valence-corrected chi connectivity index (χ2v) is 5.64. The van der Waals surface area contributed by atoms with Gasteiger partial charge in [0.1, 0.15) is 11.3 Å². The van der Waals surface area contributed by atoms with Crippen LogP contribution in [0.4, 0.5) is 11.4 Å². The third kappa shape index (κ3) is 6.16. The number of ether oxygens (including phenoxy) is 2. The Hall–Kier alpha value is -4.21. The maximum Gasteiger partial charge on any atom is 0.355 e. The molecule has 30 heavy (non-hydrogen) atoms. The lowest BCUT2D eigenvalue weighted by atomic mass is 10.2. The van der Waals surface area contributed by atoms with Gasteiger partial charge in [-0.05, 0) is 25.1 Å². The number of hydrogen-bond acceptors (Lipinski definition) is 9. The minimum Gasteiger partial charge on any atom is -0.464 e. The Morgan fingerprint density at radius 1 is 1.17 bits per heavy atom. The van der Waals surface area contributed by atoms with Crippen LogP contribution in [0.25, 0.3) is 5.57 Å². The van der Waals surface area contributed by atoms with E-state index in [1.165, 1.54) is 43.9 Å². The highest BCUT2D eigenvalue weighted by molar-refractivity contribution is 6.15. The summed E-state index contributed by atoms with van der Waals surface area (Å²) in [5.41, 5.74) is 0.663. The van der Waals surface area contributed by atoms with Gasteiger partial charge in [0.05, 0.1) is 24.3 Å². The van der Waals surface area contributed by atoms with Crippen molar-refractivity contribution in [1.82, 2.24) is 10.3 Å². The van der Waals surface area contributed by atoms with Crippen LogP contribution in [-0.2, 0) is 19.1 Å². The number of hydrogen-bond donors (Lipinski definition) is 2. The summed E-state index contributed by atoms with van der Waals surface area (Å²) in [5, 5.41) is 16.4. The Labute approximate surface area is 172 Å². The standard InChI is InChI=1S/C20H20N4O6/c1-3-30-19(25)16(17-9-4-5-10-21-17)12-23-18(20(26)29-2)13-22-14-7-6-8-15(11-14)24(27)28/h4-13,22-23H,3H2,1-2H3/b16-12-,18-13+. The van der Waals surface area contributed by atoms with Crippen molar-refractivity contribution in [3.8, 4) is 0 Å². The lowest BCUT2D eigenvalue weighted by molar-refractivity contribution is -0.384. The van der Waals surface area contributed by atoms with Crippen molar-refractivity contribution in [2.45, 2.75) is 6.92 Å². The number of benzene rings is 1. The summed E-state index contributed by atoms with van der Waals surface area (Å²) >= 11 is 0. The first kappa shape index (κ1) is 22.1. The highest BCUT2D eigenvalue weighted by Crippen LogP contribution is 2.17. The molecule has 1 heterocycles. The van der Waals surface area contributed by atoms with E-state index in [9.17, 15) is 19.7 Å². The molecule has 2 rings (SSSR count). The number of rotatable bonds is 9. The predicted octanol–water partition coefficient (Wildman–Crippen LogP) is 2.61. The van der Waals surface area contributed by atoms with E-state index in [0.29, 0.717) is 11.4 Å². The average Bonchev–Trinajstić information content (AvgIpc) is 2.76. The summed E-state index contributed by atoms with van der Waals surface area (Å²) in [5.74, 6) is -1.35. The second-order valence-electron chi connectivity index (χ2n) is 5.64. The summed E-state index contributed by atoms with van der Waals surface area (Å²) in [4.78, 5) is 38.9. The number of nitrogens with one attached hydrogen (secondary N) is 2. The first-order valence-electron chi connectivity index (χ1n) is 8.81. The Morgan fingerprint density at radius 3 is 2.60 bits per heavy atom. The number of nitrogens with zero attached hydrogens (tertiary/aromatic N) is 2. The van der Waals surface area contributed by atoms with Gasteiger partial charge in [-0.25, -0.2) is 9.59 Å². The number of carbonyl (C=O) groups excluding carboxylic acids is 2. The molecule has 0 atom stereocenters. The normalized spacial score (nSPS) is 11.4. The fourth-order valence-corrected chi connectivity index (χ4v) is 2.25. The largest absolute Gasteiger partial charge is 0.464 e. The molecule has 10 nitrogen and oxygen atoms in total. The Morgan fingerprint density at radius 2 is 1.97 bits per heavy atom. The molecule has 10 heteroatoms. The van der Waals surface area contributed by atoms with Crippen molar-refractivity contribution >= 4 is 28.9 Å². The maximum atomic E-state index is 12.3. The molecule has 2 N–H and O–H groups in total. The number of aromatic nitrogens is 1. The SMILES string of the molecule is CCOC(=O)/C(=C\N/C(=C/Nc1cccc([N+](=O)[O-])c1)C(=O)OC)c1ccccn1. The van der Waals surface area contributed by atoms with Crippen molar-refractivity contribution < 1.29 is 24.0 Å². The first-order valence-corrected chi connectivity index (χ1v) is 8.81. The molecule has 0 unspecified atom stereocenters. The number of carbonyl (C=O) groups is 2. The van der Waals surface area contributed by atoms with Gasteiger partial charge >= 0.3 is 11.9 Å². The Kier molecular flexibility index (Phi) is 8.06. The molecule has 0 saturated heterocycles. The molecule has 0 amide bonds. The van der Waals surface area contributed by atoms with Gasteiger partial charge in [0, 0.05) is 36.4 Å². The van der Waals surface area contributed by atoms with E-state index in [2.05, 4.69) is 15.6 Å². The molecular formula is C20H20N4O6. The summed E-state index contributed by atoms with van der Waals surface area (Å²) in [6.07, 6.45) is 4.06. The van der Waals surface area contributed by atoms with E-state index in [-0.39, 0.29) is 23.6 Å². The molecule has 2 aromatic rings. The topological polar surface area (TPSA) is 133 Å². The van der Waals surface area contributed by atoms with Crippen molar-refractivity contribution in [3.63, 3.8) is 0 Å². The van der Waals surface area contributed by atoms with Gasteiger partial charge in [0.15, 0.2) is 0 Å². The van der Waals surface area contributed by atoms with Crippen LogP contribution in [0, 0.1) is 10.1 Å². The van der Waals surface area contributed by atoms with Crippen LogP contribution in [-0.4, -0.2) is 35.6 Å². The number of nitro groups is 1. The molecule has 0 spiro atoms. The second kappa shape index (κ2) is 11.0. The number of nitro benzene ring substituents is 1.